The summed E-state index contributed by atoms with van der Waals surface area (Å²) in [6, 6.07) is 13.2. The largest absolute Gasteiger partial charge is 0.493 e. The Morgan fingerprint density at radius 3 is 2.44 bits per heavy atom. The average molecular weight is 375 g/mol. The number of carbonyl (C=O) groups is 1. The molecule has 2 aromatic rings. The topological polar surface area (TPSA) is 74.6 Å². The Kier molecular flexibility index (Phi) is 6.94. The van der Waals surface area contributed by atoms with Gasteiger partial charge in [0.2, 0.25) is 0 Å². The Hall–Kier alpha value is -3.34. The molecular weight excluding hydrogens is 356 g/mol. The molecule has 0 saturated heterocycles. The van der Waals surface area contributed by atoms with E-state index in [1.54, 1.807) is 37.4 Å². The van der Waals surface area contributed by atoms with Gasteiger partial charge in [0, 0.05) is 20.1 Å². The minimum Gasteiger partial charge on any atom is -0.493 e. The third-order valence-electron chi connectivity index (χ3n) is 3.74. The lowest BCUT2D eigenvalue weighted by molar-refractivity contribution is -0.0512. The van der Waals surface area contributed by atoms with E-state index in [-0.39, 0.29) is 24.1 Å². The number of benzene rings is 2. The third kappa shape index (κ3) is 5.85. The molecule has 8 heteroatoms. The summed E-state index contributed by atoms with van der Waals surface area (Å²) in [5.74, 6) is 0.0912. The lowest BCUT2D eigenvalue weighted by Crippen LogP contribution is -2.36. The molecule has 0 aliphatic rings. The number of halogens is 2. The van der Waals surface area contributed by atoms with Crippen LogP contribution in [0.2, 0.25) is 0 Å². The molecule has 2 amide bonds. The molecule has 0 saturated carbocycles. The predicted octanol–water partition coefficient (Wildman–Crippen LogP) is 3.51. The van der Waals surface area contributed by atoms with Gasteiger partial charge in [-0.25, -0.2) is 4.79 Å². The molecule has 2 rings (SSSR count). The number of nitrogens with zero attached hydrogens (tertiary/aromatic N) is 2. The summed E-state index contributed by atoms with van der Waals surface area (Å²) in [5.41, 5.74) is 2.02. The fraction of sp³-hybridized carbons (Fsp3) is 0.263. The van der Waals surface area contributed by atoms with Gasteiger partial charge in [-0.1, -0.05) is 18.2 Å². The van der Waals surface area contributed by atoms with Gasteiger partial charge < -0.3 is 19.7 Å². The summed E-state index contributed by atoms with van der Waals surface area (Å²) in [6.45, 7) is -2.47. The van der Waals surface area contributed by atoms with Crippen molar-refractivity contribution in [2.45, 2.75) is 19.7 Å². The van der Waals surface area contributed by atoms with Gasteiger partial charge in [0.1, 0.15) is 0 Å². The Bertz CT molecular complexity index is 820. The first-order valence-corrected chi connectivity index (χ1v) is 8.02. The third-order valence-corrected chi connectivity index (χ3v) is 3.74. The standard InChI is InChI=1S/C19H19F2N3O3/c1-24(12-14-5-3-13(10-22)4-6-14)19(25)23-11-15-7-8-16(26-2)17(9-15)27-18(20)21/h3-9,18H,11-12H2,1-2H3,(H,23,25). The number of nitriles is 1. The number of amides is 2. The number of alkyl halides is 2. The molecule has 0 aliphatic carbocycles. The van der Waals surface area contributed by atoms with Crippen LogP contribution >= 0.6 is 0 Å². The van der Waals surface area contributed by atoms with Crippen LogP contribution in [0.25, 0.3) is 0 Å². The van der Waals surface area contributed by atoms with Crippen LogP contribution in [0, 0.1) is 11.3 Å². The molecule has 6 nitrogen and oxygen atoms in total. The van der Waals surface area contributed by atoms with E-state index in [9.17, 15) is 13.6 Å². The van der Waals surface area contributed by atoms with Crippen molar-refractivity contribution in [1.29, 1.82) is 5.26 Å². The second-order valence-electron chi connectivity index (χ2n) is 5.69. The van der Waals surface area contributed by atoms with Crippen LogP contribution in [0.15, 0.2) is 42.5 Å². The summed E-state index contributed by atoms with van der Waals surface area (Å²) < 4.78 is 34.3. The maximum atomic E-state index is 12.5. The van der Waals surface area contributed by atoms with Crippen LogP contribution in [0.3, 0.4) is 0 Å². The molecule has 0 atom stereocenters. The van der Waals surface area contributed by atoms with E-state index >= 15 is 0 Å². The quantitative estimate of drug-likeness (QED) is 0.804. The zero-order chi connectivity index (χ0) is 19.8. The van der Waals surface area contributed by atoms with Crippen molar-refractivity contribution in [2.24, 2.45) is 0 Å². The maximum Gasteiger partial charge on any atom is 0.387 e. The molecule has 0 unspecified atom stereocenters. The molecule has 0 radical (unpaired) electrons. The second-order valence-corrected chi connectivity index (χ2v) is 5.69. The molecule has 0 heterocycles. The van der Waals surface area contributed by atoms with Crippen molar-refractivity contribution in [1.82, 2.24) is 10.2 Å². The molecule has 0 aliphatic heterocycles. The van der Waals surface area contributed by atoms with Crippen LogP contribution in [0.4, 0.5) is 13.6 Å². The van der Waals surface area contributed by atoms with E-state index in [1.807, 2.05) is 6.07 Å². The van der Waals surface area contributed by atoms with Gasteiger partial charge in [-0.2, -0.15) is 14.0 Å². The summed E-state index contributed by atoms with van der Waals surface area (Å²) in [6.07, 6.45) is 0. The van der Waals surface area contributed by atoms with Crippen LogP contribution in [-0.4, -0.2) is 31.7 Å². The molecule has 0 bridgehead atoms. The Morgan fingerprint density at radius 1 is 1.19 bits per heavy atom. The van der Waals surface area contributed by atoms with Gasteiger partial charge in [-0.15, -0.1) is 0 Å². The van der Waals surface area contributed by atoms with Gasteiger partial charge in [0.25, 0.3) is 0 Å². The van der Waals surface area contributed by atoms with E-state index in [4.69, 9.17) is 10.00 Å². The Morgan fingerprint density at radius 2 is 1.85 bits per heavy atom. The molecule has 0 aromatic heterocycles. The minimum atomic E-state index is -2.97. The van der Waals surface area contributed by atoms with Crippen molar-refractivity contribution in [3.8, 4) is 17.6 Å². The number of rotatable bonds is 7. The van der Waals surface area contributed by atoms with Gasteiger partial charge in [-0.05, 0) is 35.4 Å². The van der Waals surface area contributed by atoms with E-state index in [0.717, 1.165) is 5.56 Å². The van der Waals surface area contributed by atoms with Crippen molar-refractivity contribution in [2.75, 3.05) is 14.2 Å². The van der Waals surface area contributed by atoms with Crippen LogP contribution < -0.4 is 14.8 Å². The Balaban J connectivity index is 1.94. The fourth-order valence-electron chi connectivity index (χ4n) is 2.36. The molecule has 1 N–H and O–H groups in total. The van der Waals surface area contributed by atoms with E-state index in [0.29, 0.717) is 17.7 Å². The molecule has 2 aromatic carbocycles. The summed E-state index contributed by atoms with van der Waals surface area (Å²) in [4.78, 5) is 13.7. The first-order chi connectivity index (χ1) is 12.9. The first-order valence-electron chi connectivity index (χ1n) is 8.02. The lowest BCUT2D eigenvalue weighted by atomic mass is 10.1. The van der Waals surface area contributed by atoms with Crippen molar-refractivity contribution < 1.29 is 23.0 Å². The maximum absolute atomic E-state index is 12.5. The smallest absolute Gasteiger partial charge is 0.387 e. The fourth-order valence-corrected chi connectivity index (χ4v) is 2.36. The summed E-state index contributed by atoms with van der Waals surface area (Å²) in [7, 11) is 2.99. The zero-order valence-electron chi connectivity index (χ0n) is 14.9. The normalized spacial score (nSPS) is 10.2. The van der Waals surface area contributed by atoms with E-state index in [2.05, 4.69) is 10.1 Å². The number of carbonyl (C=O) groups excluding carboxylic acids is 1. The highest BCUT2D eigenvalue weighted by Crippen LogP contribution is 2.29. The SMILES string of the molecule is COc1ccc(CNC(=O)N(C)Cc2ccc(C#N)cc2)cc1OC(F)F. The number of hydrogen-bond acceptors (Lipinski definition) is 4. The number of methoxy groups -OCH3 is 1. The van der Waals surface area contributed by atoms with Crippen molar-refractivity contribution in [3.63, 3.8) is 0 Å². The number of ether oxygens (including phenoxy) is 2. The van der Waals surface area contributed by atoms with Gasteiger partial charge in [0.05, 0.1) is 18.7 Å². The highest BCUT2D eigenvalue weighted by molar-refractivity contribution is 5.73. The van der Waals surface area contributed by atoms with Crippen molar-refractivity contribution in [3.05, 3.63) is 59.2 Å². The number of nitrogens with one attached hydrogen (secondary N) is 1. The van der Waals surface area contributed by atoms with E-state index in [1.165, 1.54) is 24.1 Å². The summed E-state index contributed by atoms with van der Waals surface area (Å²) >= 11 is 0. The van der Waals surface area contributed by atoms with E-state index < -0.39 is 6.61 Å². The number of urea groups is 1. The number of hydrogen-bond donors (Lipinski definition) is 1. The molecule has 27 heavy (non-hydrogen) atoms. The predicted molar refractivity (Wildman–Crippen MR) is 94.5 cm³/mol. The van der Waals surface area contributed by atoms with Crippen LogP contribution in [-0.2, 0) is 13.1 Å². The molecular formula is C19H19F2N3O3. The molecule has 142 valence electrons. The highest BCUT2D eigenvalue weighted by atomic mass is 19.3. The first kappa shape index (κ1) is 20.0. The highest BCUT2D eigenvalue weighted by Gasteiger charge is 2.13. The Labute approximate surface area is 155 Å². The minimum absolute atomic E-state index is 0.0924. The summed E-state index contributed by atoms with van der Waals surface area (Å²) in [5, 5.41) is 11.5. The van der Waals surface area contributed by atoms with Gasteiger partial charge >= 0.3 is 12.6 Å². The van der Waals surface area contributed by atoms with Crippen molar-refractivity contribution >= 4 is 6.03 Å². The lowest BCUT2D eigenvalue weighted by Gasteiger charge is -2.18. The zero-order valence-corrected chi connectivity index (χ0v) is 14.9. The average Bonchev–Trinajstić information content (AvgIpc) is 2.66. The monoisotopic (exact) mass is 375 g/mol. The van der Waals surface area contributed by atoms with Crippen LogP contribution in [0.1, 0.15) is 16.7 Å². The van der Waals surface area contributed by atoms with Gasteiger partial charge in [-0.3, -0.25) is 0 Å². The van der Waals surface area contributed by atoms with Crippen LogP contribution in [0.5, 0.6) is 11.5 Å². The molecule has 0 fully saturated rings. The van der Waals surface area contributed by atoms with Gasteiger partial charge in [0.15, 0.2) is 11.5 Å². The molecule has 0 spiro atoms. The second kappa shape index (κ2) is 9.38.